The predicted octanol–water partition coefficient (Wildman–Crippen LogP) is 4.87. The number of ether oxygens (including phenoxy) is 1. The average molecular weight is 314 g/mol. The topological polar surface area (TPSA) is 21.3 Å². The van der Waals surface area contributed by atoms with Crippen LogP contribution >= 0.6 is 11.6 Å². The molecule has 21 heavy (non-hydrogen) atoms. The van der Waals surface area contributed by atoms with Crippen molar-refractivity contribution in [1.29, 1.82) is 0 Å². The maximum Gasteiger partial charge on any atom is 0.129 e. The van der Waals surface area contributed by atoms with Crippen molar-refractivity contribution in [2.45, 2.75) is 57.1 Å². The number of halogens is 2. The highest BCUT2D eigenvalue weighted by Crippen LogP contribution is 2.41. The van der Waals surface area contributed by atoms with Gasteiger partial charge in [0.1, 0.15) is 5.82 Å². The summed E-state index contributed by atoms with van der Waals surface area (Å²) in [6, 6.07) is 4.80. The molecule has 4 heteroatoms. The van der Waals surface area contributed by atoms with E-state index in [9.17, 15) is 4.39 Å². The van der Waals surface area contributed by atoms with Crippen molar-refractivity contribution in [2.24, 2.45) is 0 Å². The van der Waals surface area contributed by atoms with Gasteiger partial charge < -0.3 is 10.1 Å². The Morgan fingerprint density at radius 2 is 1.95 bits per heavy atom. The summed E-state index contributed by atoms with van der Waals surface area (Å²) in [7, 11) is 1.75. The number of hydrogen-bond acceptors (Lipinski definition) is 2. The molecule has 1 saturated carbocycles. The third-order valence-corrected chi connectivity index (χ3v) is 4.80. The van der Waals surface area contributed by atoms with Gasteiger partial charge in [-0.1, -0.05) is 50.3 Å². The summed E-state index contributed by atoms with van der Waals surface area (Å²) in [5.41, 5.74) is 0.325. The highest BCUT2D eigenvalue weighted by atomic mass is 35.5. The molecular weight excluding hydrogens is 289 g/mol. The smallest absolute Gasteiger partial charge is 0.129 e. The molecule has 118 valence electrons. The van der Waals surface area contributed by atoms with Crippen LogP contribution in [0.4, 0.5) is 4.39 Å². The monoisotopic (exact) mass is 313 g/mol. The maximum atomic E-state index is 14.4. The van der Waals surface area contributed by atoms with Crippen LogP contribution in [0.1, 0.15) is 57.1 Å². The molecule has 1 N–H and O–H groups in total. The van der Waals surface area contributed by atoms with E-state index in [0.717, 1.165) is 32.2 Å². The molecule has 1 fully saturated rings. The van der Waals surface area contributed by atoms with Crippen LogP contribution in [0.25, 0.3) is 0 Å². The molecule has 1 unspecified atom stereocenters. The van der Waals surface area contributed by atoms with Crippen LogP contribution in [0.3, 0.4) is 0 Å². The van der Waals surface area contributed by atoms with Crippen LogP contribution in [-0.2, 0) is 4.74 Å². The summed E-state index contributed by atoms with van der Waals surface area (Å²) in [5.74, 6) is -0.255. The fourth-order valence-corrected chi connectivity index (χ4v) is 3.62. The van der Waals surface area contributed by atoms with Crippen molar-refractivity contribution < 1.29 is 9.13 Å². The van der Waals surface area contributed by atoms with Gasteiger partial charge in [0.25, 0.3) is 0 Å². The third-order valence-electron chi connectivity index (χ3n) is 4.56. The Kier molecular flexibility index (Phi) is 6.03. The first-order chi connectivity index (χ1) is 10.1. The van der Waals surface area contributed by atoms with Crippen LogP contribution in [0.15, 0.2) is 18.2 Å². The van der Waals surface area contributed by atoms with E-state index in [1.807, 2.05) is 6.92 Å². The lowest BCUT2D eigenvalue weighted by molar-refractivity contribution is -0.0544. The van der Waals surface area contributed by atoms with Gasteiger partial charge in [0.05, 0.1) is 11.6 Å². The molecule has 0 aliphatic heterocycles. The van der Waals surface area contributed by atoms with Crippen molar-refractivity contribution in [3.05, 3.63) is 34.6 Å². The third kappa shape index (κ3) is 3.77. The largest absolute Gasteiger partial charge is 0.376 e. The van der Waals surface area contributed by atoms with Gasteiger partial charge in [0.2, 0.25) is 0 Å². The van der Waals surface area contributed by atoms with E-state index in [2.05, 4.69) is 5.32 Å². The molecule has 1 aliphatic rings. The summed E-state index contributed by atoms with van der Waals surface area (Å²) in [5, 5.41) is 3.87. The molecular formula is C17H25ClFNO. The molecule has 0 aromatic heterocycles. The van der Waals surface area contributed by atoms with Gasteiger partial charge >= 0.3 is 0 Å². The van der Waals surface area contributed by atoms with Crippen LogP contribution < -0.4 is 5.32 Å². The van der Waals surface area contributed by atoms with Crippen LogP contribution in [0.2, 0.25) is 5.02 Å². The zero-order valence-corrected chi connectivity index (χ0v) is 13.7. The van der Waals surface area contributed by atoms with E-state index in [4.69, 9.17) is 16.3 Å². The highest BCUT2D eigenvalue weighted by Gasteiger charge is 2.40. The molecule has 0 bridgehead atoms. The van der Waals surface area contributed by atoms with E-state index in [0.29, 0.717) is 10.6 Å². The predicted molar refractivity (Wildman–Crippen MR) is 85.3 cm³/mol. The lowest BCUT2D eigenvalue weighted by atomic mass is 9.82. The zero-order chi connectivity index (χ0) is 15.3. The van der Waals surface area contributed by atoms with Crippen LogP contribution in [0, 0.1) is 5.82 Å². The first-order valence-corrected chi connectivity index (χ1v) is 8.24. The lowest BCUT2D eigenvalue weighted by Gasteiger charge is -2.40. The zero-order valence-electron chi connectivity index (χ0n) is 12.9. The minimum Gasteiger partial charge on any atom is -0.376 e. The molecule has 0 saturated heterocycles. The van der Waals surface area contributed by atoms with Gasteiger partial charge in [-0.2, -0.15) is 0 Å². The van der Waals surface area contributed by atoms with Gasteiger partial charge in [-0.05, 0) is 31.5 Å². The van der Waals surface area contributed by atoms with Crippen molar-refractivity contribution in [3.8, 4) is 0 Å². The normalized spacial score (nSPS) is 20.0. The lowest BCUT2D eigenvalue weighted by Crippen LogP contribution is -2.45. The first-order valence-electron chi connectivity index (χ1n) is 7.86. The van der Waals surface area contributed by atoms with Crippen molar-refractivity contribution in [3.63, 3.8) is 0 Å². The number of benzene rings is 1. The quantitative estimate of drug-likeness (QED) is 0.783. The van der Waals surface area contributed by atoms with E-state index >= 15 is 0 Å². The van der Waals surface area contributed by atoms with Crippen molar-refractivity contribution in [1.82, 2.24) is 5.32 Å². The Bertz CT molecular complexity index is 458. The van der Waals surface area contributed by atoms with Crippen LogP contribution in [0.5, 0.6) is 0 Å². The molecule has 1 atom stereocenters. The standard InChI is InChI=1S/C17H25ClFNO/c1-3-20-16(14-9-8-13(18)12-15(14)19)17(21-2)10-6-4-5-7-11-17/h8-9,12,16,20H,3-7,10-11H2,1-2H3. The van der Waals surface area contributed by atoms with Crippen LogP contribution in [-0.4, -0.2) is 19.3 Å². The second-order valence-electron chi connectivity index (χ2n) is 5.84. The summed E-state index contributed by atoms with van der Waals surface area (Å²) in [6.45, 7) is 2.82. The SMILES string of the molecule is CCNC(c1ccc(Cl)cc1F)C1(OC)CCCCCC1. The average Bonchev–Trinajstić information content (AvgIpc) is 2.72. The second-order valence-corrected chi connectivity index (χ2v) is 6.28. The summed E-state index contributed by atoms with van der Waals surface area (Å²) < 4.78 is 20.4. The second kappa shape index (κ2) is 7.57. The number of nitrogens with one attached hydrogen (secondary N) is 1. The Labute approximate surface area is 132 Å². The molecule has 0 spiro atoms. The van der Waals surface area contributed by atoms with E-state index in [-0.39, 0.29) is 17.5 Å². The number of methoxy groups -OCH3 is 1. The first kappa shape index (κ1) is 16.7. The Hall–Kier alpha value is -0.640. The van der Waals surface area contributed by atoms with E-state index < -0.39 is 0 Å². The van der Waals surface area contributed by atoms with Crippen molar-refractivity contribution in [2.75, 3.05) is 13.7 Å². The maximum absolute atomic E-state index is 14.4. The minimum atomic E-state index is -0.332. The molecule has 0 amide bonds. The Balaban J connectivity index is 2.39. The fraction of sp³-hybridized carbons (Fsp3) is 0.647. The number of rotatable bonds is 5. The molecule has 1 aromatic carbocycles. The number of hydrogen-bond donors (Lipinski definition) is 1. The summed E-state index contributed by atoms with van der Waals surface area (Å²) in [6.07, 6.45) is 6.64. The fourth-order valence-electron chi connectivity index (χ4n) is 3.46. The van der Waals surface area contributed by atoms with Gasteiger partial charge in [-0.25, -0.2) is 4.39 Å². The number of likely N-dealkylation sites (N-methyl/N-ethyl adjacent to an activating group) is 1. The van der Waals surface area contributed by atoms with Gasteiger partial charge in [-0.15, -0.1) is 0 Å². The summed E-state index contributed by atoms with van der Waals surface area (Å²) in [4.78, 5) is 0. The molecule has 2 rings (SSSR count). The molecule has 1 aromatic rings. The molecule has 0 heterocycles. The molecule has 1 aliphatic carbocycles. The Morgan fingerprint density at radius 3 is 2.48 bits per heavy atom. The van der Waals surface area contributed by atoms with E-state index in [1.165, 1.54) is 18.9 Å². The van der Waals surface area contributed by atoms with Gasteiger partial charge in [0.15, 0.2) is 0 Å². The van der Waals surface area contributed by atoms with Gasteiger partial charge in [-0.3, -0.25) is 0 Å². The van der Waals surface area contributed by atoms with Crippen molar-refractivity contribution >= 4 is 11.6 Å². The highest BCUT2D eigenvalue weighted by molar-refractivity contribution is 6.30. The summed E-state index contributed by atoms with van der Waals surface area (Å²) >= 11 is 5.89. The Morgan fingerprint density at radius 1 is 1.29 bits per heavy atom. The molecule has 0 radical (unpaired) electrons. The minimum absolute atomic E-state index is 0.136. The van der Waals surface area contributed by atoms with E-state index in [1.54, 1.807) is 19.2 Å². The van der Waals surface area contributed by atoms with Gasteiger partial charge in [0, 0.05) is 17.7 Å². The molecule has 2 nitrogen and oxygen atoms in total.